The highest BCUT2D eigenvalue weighted by atomic mass is 79.9. The van der Waals surface area contributed by atoms with E-state index < -0.39 is 10.0 Å². The first-order valence-corrected chi connectivity index (χ1v) is 8.81. The molecule has 0 aromatic heterocycles. The lowest BCUT2D eigenvalue weighted by molar-refractivity contribution is 0.0914. The first-order valence-electron chi connectivity index (χ1n) is 6.47. The van der Waals surface area contributed by atoms with Crippen molar-refractivity contribution in [1.82, 2.24) is 5.32 Å². The van der Waals surface area contributed by atoms with Crippen molar-refractivity contribution >= 4 is 31.9 Å². The minimum atomic E-state index is -3.84. The molecule has 1 aliphatic carbocycles. The number of nitrogens with two attached hydrogens (primary N) is 1. The molecule has 21 heavy (non-hydrogen) atoms. The summed E-state index contributed by atoms with van der Waals surface area (Å²) < 4.78 is 28.5. The third kappa shape index (κ3) is 4.03. The quantitative estimate of drug-likeness (QED) is 0.829. The number of hydrogen-bond donors (Lipinski definition) is 2. The second-order valence-corrected chi connectivity index (χ2v) is 7.44. The molecule has 0 radical (unpaired) electrons. The summed E-state index contributed by atoms with van der Waals surface area (Å²) in [6.45, 7) is 0. The van der Waals surface area contributed by atoms with Gasteiger partial charge in [-0.25, -0.2) is 13.6 Å². The number of carbonyl (C=O) groups is 1. The standard InChI is InChI=1S/C13H17BrN2O4S/c1-20-9-3-2-8(6-9)16-13(17)11-7-10(21(15,18)19)4-5-12(11)14/h4-5,7-9H,2-3,6H2,1H3,(H,16,17)(H2,15,18,19). The van der Waals surface area contributed by atoms with Crippen LogP contribution >= 0.6 is 15.9 Å². The van der Waals surface area contributed by atoms with Crippen molar-refractivity contribution in [1.29, 1.82) is 0 Å². The lowest BCUT2D eigenvalue weighted by Gasteiger charge is -2.14. The lowest BCUT2D eigenvalue weighted by atomic mass is 10.2. The highest BCUT2D eigenvalue weighted by Crippen LogP contribution is 2.24. The van der Waals surface area contributed by atoms with E-state index in [9.17, 15) is 13.2 Å². The van der Waals surface area contributed by atoms with Crippen molar-refractivity contribution in [2.24, 2.45) is 5.14 Å². The molecule has 0 spiro atoms. The molecule has 2 rings (SSSR count). The van der Waals surface area contributed by atoms with Gasteiger partial charge in [-0.05, 0) is 53.4 Å². The van der Waals surface area contributed by atoms with Gasteiger partial charge < -0.3 is 10.1 Å². The molecule has 0 saturated heterocycles. The predicted molar refractivity (Wildman–Crippen MR) is 81.4 cm³/mol. The van der Waals surface area contributed by atoms with Gasteiger partial charge in [-0.15, -0.1) is 0 Å². The zero-order chi connectivity index (χ0) is 15.6. The second kappa shape index (κ2) is 6.43. The van der Waals surface area contributed by atoms with E-state index in [-0.39, 0.29) is 28.5 Å². The summed E-state index contributed by atoms with van der Waals surface area (Å²) in [5.41, 5.74) is 0.252. The average Bonchev–Trinajstić information content (AvgIpc) is 2.85. The molecule has 1 aromatic carbocycles. The maximum Gasteiger partial charge on any atom is 0.252 e. The Hall–Kier alpha value is -0.960. The highest BCUT2D eigenvalue weighted by molar-refractivity contribution is 9.10. The van der Waals surface area contributed by atoms with Crippen LogP contribution in [-0.4, -0.2) is 33.6 Å². The number of hydrogen-bond acceptors (Lipinski definition) is 4. The van der Waals surface area contributed by atoms with Gasteiger partial charge in [0.05, 0.1) is 16.6 Å². The van der Waals surface area contributed by atoms with Crippen LogP contribution < -0.4 is 10.5 Å². The fourth-order valence-electron chi connectivity index (χ4n) is 2.40. The molecule has 116 valence electrons. The molecule has 1 saturated carbocycles. The lowest BCUT2D eigenvalue weighted by Crippen LogP contribution is -2.33. The topological polar surface area (TPSA) is 98.5 Å². The zero-order valence-electron chi connectivity index (χ0n) is 11.5. The monoisotopic (exact) mass is 376 g/mol. The van der Waals surface area contributed by atoms with Crippen molar-refractivity contribution in [2.45, 2.75) is 36.3 Å². The predicted octanol–water partition coefficient (Wildman–Crippen LogP) is 1.39. The number of sulfonamides is 1. The van der Waals surface area contributed by atoms with E-state index >= 15 is 0 Å². The molecule has 2 atom stereocenters. The fraction of sp³-hybridized carbons (Fsp3) is 0.462. The van der Waals surface area contributed by atoms with Gasteiger partial charge in [-0.2, -0.15) is 0 Å². The summed E-state index contributed by atoms with van der Waals surface area (Å²) in [5, 5.41) is 7.98. The number of nitrogens with one attached hydrogen (secondary N) is 1. The van der Waals surface area contributed by atoms with Crippen LogP contribution in [0.4, 0.5) is 0 Å². The average molecular weight is 377 g/mol. The largest absolute Gasteiger partial charge is 0.381 e. The van der Waals surface area contributed by atoms with Crippen LogP contribution in [0.5, 0.6) is 0 Å². The zero-order valence-corrected chi connectivity index (χ0v) is 13.9. The molecule has 8 heteroatoms. The van der Waals surface area contributed by atoms with Crippen LogP contribution in [0.2, 0.25) is 0 Å². The Morgan fingerprint density at radius 1 is 1.43 bits per heavy atom. The number of carbonyl (C=O) groups excluding carboxylic acids is 1. The number of amides is 1. The fourth-order valence-corrected chi connectivity index (χ4v) is 3.37. The van der Waals surface area contributed by atoms with E-state index in [4.69, 9.17) is 9.88 Å². The second-order valence-electron chi connectivity index (χ2n) is 5.03. The molecule has 0 heterocycles. The third-order valence-corrected chi connectivity index (χ3v) is 5.17. The molecule has 0 aliphatic heterocycles. The van der Waals surface area contributed by atoms with Crippen molar-refractivity contribution < 1.29 is 17.9 Å². The van der Waals surface area contributed by atoms with Crippen LogP contribution in [0.3, 0.4) is 0 Å². The van der Waals surface area contributed by atoms with Crippen LogP contribution in [0.15, 0.2) is 27.6 Å². The number of halogens is 1. The Morgan fingerprint density at radius 3 is 2.71 bits per heavy atom. The van der Waals surface area contributed by atoms with E-state index in [1.54, 1.807) is 7.11 Å². The number of ether oxygens (including phenoxy) is 1. The molecule has 3 N–H and O–H groups in total. The summed E-state index contributed by atoms with van der Waals surface area (Å²) in [6.07, 6.45) is 2.67. The third-order valence-electron chi connectivity index (χ3n) is 3.56. The minimum Gasteiger partial charge on any atom is -0.381 e. The van der Waals surface area contributed by atoms with Crippen LogP contribution in [-0.2, 0) is 14.8 Å². The Balaban J connectivity index is 2.16. The van der Waals surface area contributed by atoms with Crippen LogP contribution in [0, 0.1) is 0 Å². The van der Waals surface area contributed by atoms with Crippen LogP contribution in [0.25, 0.3) is 0 Å². The summed E-state index contributed by atoms with van der Waals surface area (Å²) in [4.78, 5) is 12.2. The summed E-state index contributed by atoms with van der Waals surface area (Å²) >= 11 is 3.25. The number of methoxy groups -OCH3 is 1. The summed E-state index contributed by atoms with van der Waals surface area (Å²) in [5.74, 6) is -0.325. The smallest absolute Gasteiger partial charge is 0.252 e. The minimum absolute atomic E-state index is 0.0347. The molecular weight excluding hydrogens is 360 g/mol. The molecular formula is C13H17BrN2O4S. The Labute approximate surface area is 132 Å². The Kier molecular flexibility index (Phi) is 5.03. The van der Waals surface area contributed by atoms with E-state index in [1.807, 2.05) is 0 Å². The maximum absolute atomic E-state index is 12.3. The molecule has 1 aromatic rings. The molecule has 1 fully saturated rings. The SMILES string of the molecule is COC1CCC(NC(=O)c2cc(S(N)(=O)=O)ccc2Br)C1. The van der Waals surface area contributed by atoms with Gasteiger partial charge in [0, 0.05) is 17.6 Å². The molecule has 6 nitrogen and oxygen atoms in total. The number of rotatable bonds is 4. The van der Waals surface area contributed by atoms with E-state index in [0.29, 0.717) is 4.47 Å². The number of benzene rings is 1. The van der Waals surface area contributed by atoms with Gasteiger partial charge >= 0.3 is 0 Å². The molecule has 1 aliphatic rings. The van der Waals surface area contributed by atoms with Gasteiger partial charge in [0.1, 0.15) is 0 Å². The first-order chi connectivity index (χ1) is 9.81. The van der Waals surface area contributed by atoms with Gasteiger partial charge in [0.15, 0.2) is 0 Å². The van der Waals surface area contributed by atoms with Crippen molar-refractivity contribution in [3.63, 3.8) is 0 Å². The molecule has 1 amide bonds. The van der Waals surface area contributed by atoms with E-state index in [1.165, 1.54) is 18.2 Å². The Morgan fingerprint density at radius 2 is 2.14 bits per heavy atom. The maximum atomic E-state index is 12.3. The van der Waals surface area contributed by atoms with Gasteiger partial charge in [-0.1, -0.05) is 0 Å². The van der Waals surface area contributed by atoms with Gasteiger partial charge in [0.2, 0.25) is 10.0 Å². The molecule has 0 bridgehead atoms. The van der Waals surface area contributed by atoms with Crippen LogP contribution in [0.1, 0.15) is 29.6 Å². The van der Waals surface area contributed by atoms with Crippen molar-refractivity contribution in [2.75, 3.05) is 7.11 Å². The molecule has 2 unspecified atom stereocenters. The summed E-state index contributed by atoms with van der Waals surface area (Å²) in [7, 11) is -2.18. The van der Waals surface area contributed by atoms with Crippen molar-refractivity contribution in [3.05, 3.63) is 28.2 Å². The van der Waals surface area contributed by atoms with Crippen molar-refractivity contribution in [3.8, 4) is 0 Å². The number of primary sulfonamides is 1. The van der Waals surface area contributed by atoms with Gasteiger partial charge in [-0.3, -0.25) is 4.79 Å². The normalized spacial score (nSPS) is 22.2. The van der Waals surface area contributed by atoms with E-state index in [2.05, 4.69) is 21.2 Å². The first kappa shape index (κ1) is 16.4. The Bertz CT molecular complexity index is 648. The van der Waals surface area contributed by atoms with E-state index in [0.717, 1.165) is 19.3 Å². The summed E-state index contributed by atoms with van der Waals surface area (Å²) in [6, 6.07) is 4.17. The van der Waals surface area contributed by atoms with Gasteiger partial charge in [0.25, 0.3) is 5.91 Å². The highest BCUT2D eigenvalue weighted by Gasteiger charge is 2.26.